The fraction of sp³-hybridized carbons (Fsp3) is 0.136. The van der Waals surface area contributed by atoms with Gasteiger partial charge >= 0.3 is 11.8 Å². The number of sulfonamides is 1. The number of hydrogen-bond donors (Lipinski definition) is 2. The van der Waals surface area contributed by atoms with E-state index in [1.54, 1.807) is 6.26 Å². The number of alkyl halides is 3. The van der Waals surface area contributed by atoms with Crippen LogP contribution in [-0.2, 0) is 22.6 Å². The SMILES string of the molecule is CSc1n[nH]c(NS(=O)(=O)c2ccc(Cc3ccc4oc(=O)cc(C(F)(F)F)c4c3)cc2)c1C#N. The topological polar surface area (TPSA) is 129 Å². The van der Waals surface area contributed by atoms with Crippen molar-refractivity contribution in [3.63, 3.8) is 0 Å². The van der Waals surface area contributed by atoms with E-state index in [0.717, 1.165) is 0 Å². The first kappa shape index (κ1) is 24.4. The number of H-pyrrole nitrogens is 1. The maximum atomic E-state index is 13.4. The summed E-state index contributed by atoms with van der Waals surface area (Å²) in [5.74, 6) is -0.0517. The van der Waals surface area contributed by atoms with Crippen LogP contribution >= 0.6 is 11.8 Å². The fourth-order valence-corrected chi connectivity index (χ4v) is 4.94. The third kappa shape index (κ3) is 5.03. The third-order valence-corrected chi connectivity index (χ3v) is 7.08. The van der Waals surface area contributed by atoms with Gasteiger partial charge < -0.3 is 4.42 Å². The molecule has 0 spiro atoms. The molecule has 8 nitrogen and oxygen atoms in total. The second-order valence-electron chi connectivity index (χ2n) is 7.33. The molecule has 0 amide bonds. The maximum Gasteiger partial charge on any atom is 0.417 e. The minimum Gasteiger partial charge on any atom is -0.423 e. The zero-order chi connectivity index (χ0) is 25.4. The van der Waals surface area contributed by atoms with Gasteiger partial charge in [-0.25, -0.2) is 13.2 Å². The highest BCUT2D eigenvalue weighted by Crippen LogP contribution is 2.34. The number of halogens is 3. The van der Waals surface area contributed by atoms with Gasteiger partial charge in [0.1, 0.15) is 22.2 Å². The molecule has 0 unspecified atom stereocenters. The van der Waals surface area contributed by atoms with Crippen LogP contribution in [0.3, 0.4) is 0 Å². The zero-order valence-electron chi connectivity index (χ0n) is 17.8. The van der Waals surface area contributed by atoms with E-state index in [4.69, 9.17) is 4.42 Å². The van der Waals surface area contributed by atoms with Gasteiger partial charge in [-0.05, 0) is 48.1 Å². The number of benzene rings is 2. The van der Waals surface area contributed by atoms with Crippen molar-refractivity contribution in [2.45, 2.75) is 22.5 Å². The quantitative estimate of drug-likeness (QED) is 0.282. The van der Waals surface area contributed by atoms with Crippen LogP contribution in [0.5, 0.6) is 0 Å². The third-order valence-electron chi connectivity index (χ3n) is 5.03. The van der Waals surface area contributed by atoms with Gasteiger partial charge in [0.15, 0.2) is 5.82 Å². The molecule has 2 aromatic carbocycles. The molecule has 0 atom stereocenters. The molecular weight excluding hydrogens is 505 g/mol. The van der Waals surface area contributed by atoms with Crippen molar-refractivity contribution in [2.75, 3.05) is 11.0 Å². The van der Waals surface area contributed by atoms with Crippen LogP contribution < -0.4 is 10.3 Å². The molecule has 180 valence electrons. The number of nitrogens with one attached hydrogen (secondary N) is 2. The molecule has 0 aliphatic heterocycles. The van der Waals surface area contributed by atoms with Gasteiger partial charge in [0.25, 0.3) is 10.0 Å². The van der Waals surface area contributed by atoms with Crippen LogP contribution in [-0.4, -0.2) is 24.9 Å². The summed E-state index contributed by atoms with van der Waals surface area (Å²) in [6.45, 7) is 0. The van der Waals surface area contributed by atoms with Crippen LogP contribution in [0, 0.1) is 11.3 Å². The van der Waals surface area contributed by atoms with Crippen molar-refractivity contribution in [2.24, 2.45) is 0 Å². The molecule has 35 heavy (non-hydrogen) atoms. The molecule has 0 radical (unpaired) electrons. The molecule has 0 saturated heterocycles. The number of rotatable bonds is 6. The summed E-state index contributed by atoms with van der Waals surface area (Å²) in [6.07, 6.45) is -2.83. The van der Waals surface area contributed by atoms with E-state index >= 15 is 0 Å². The van der Waals surface area contributed by atoms with Crippen molar-refractivity contribution >= 4 is 38.6 Å². The Morgan fingerprint density at radius 3 is 2.46 bits per heavy atom. The second-order valence-corrected chi connectivity index (χ2v) is 9.81. The Morgan fingerprint density at radius 2 is 1.83 bits per heavy atom. The summed E-state index contributed by atoms with van der Waals surface area (Å²) < 4.78 is 72.7. The molecule has 4 rings (SSSR count). The summed E-state index contributed by atoms with van der Waals surface area (Å²) in [5.41, 5.74) is -1.14. The summed E-state index contributed by atoms with van der Waals surface area (Å²) in [6, 6.07) is 12.2. The number of hydrogen-bond acceptors (Lipinski definition) is 7. The van der Waals surface area contributed by atoms with Crippen molar-refractivity contribution in [3.05, 3.63) is 81.2 Å². The molecule has 0 aliphatic rings. The van der Waals surface area contributed by atoms with E-state index in [0.29, 0.717) is 22.2 Å². The Kier molecular flexibility index (Phi) is 6.35. The lowest BCUT2D eigenvalue weighted by Crippen LogP contribution is -2.14. The second kappa shape index (κ2) is 9.12. The standard InChI is InChI=1S/C22H15F3N4O4S2/c1-34-21-16(11-26)20(27-28-21)29-35(31,32)14-5-2-12(3-6-14)8-13-4-7-18-15(9-13)17(22(23,24)25)10-19(30)33-18/h2-7,9-10H,8H2,1H3,(H2,27,28,29). The molecule has 2 N–H and O–H groups in total. The zero-order valence-corrected chi connectivity index (χ0v) is 19.4. The summed E-state index contributed by atoms with van der Waals surface area (Å²) in [5, 5.41) is 15.7. The van der Waals surface area contributed by atoms with E-state index in [-0.39, 0.29) is 33.7 Å². The number of aromatic nitrogens is 2. The van der Waals surface area contributed by atoms with Gasteiger partial charge in [0, 0.05) is 11.5 Å². The van der Waals surface area contributed by atoms with E-state index in [1.807, 2.05) is 6.07 Å². The van der Waals surface area contributed by atoms with E-state index in [1.165, 1.54) is 54.2 Å². The van der Waals surface area contributed by atoms with Gasteiger partial charge in [0.2, 0.25) is 0 Å². The van der Waals surface area contributed by atoms with Crippen molar-refractivity contribution in [1.29, 1.82) is 5.26 Å². The van der Waals surface area contributed by atoms with E-state index in [9.17, 15) is 31.6 Å². The van der Waals surface area contributed by atoms with Gasteiger partial charge in [-0.3, -0.25) is 9.82 Å². The predicted octanol–water partition coefficient (Wildman–Crippen LogP) is 4.52. The highest BCUT2D eigenvalue weighted by molar-refractivity contribution is 7.98. The summed E-state index contributed by atoms with van der Waals surface area (Å²) in [7, 11) is -4.03. The molecule has 0 saturated carbocycles. The first-order valence-corrected chi connectivity index (χ1v) is 12.5. The highest BCUT2D eigenvalue weighted by atomic mass is 32.2. The lowest BCUT2D eigenvalue weighted by molar-refractivity contribution is -0.136. The molecule has 0 bridgehead atoms. The number of anilines is 1. The number of nitrogens with zero attached hydrogens (tertiary/aromatic N) is 2. The van der Waals surface area contributed by atoms with Gasteiger partial charge in [0.05, 0.1) is 10.5 Å². The van der Waals surface area contributed by atoms with Crippen LogP contribution in [0.1, 0.15) is 22.3 Å². The minimum atomic E-state index is -4.73. The van der Waals surface area contributed by atoms with Crippen LogP contribution in [0.2, 0.25) is 0 Å². The molecular formula is C22H15F3N4O4S2. The number of fused-ring (bicyclic) bond motifs is 1. The monoisotopic (exact) mass is 520 g/mol. The van der Waals surface area contributed by atoms with Gasteiger partial charge in [-0.15, -0.1) is 11.8 Å². The first-order chi connectivity index (χ1) is 16.5. The minimum absolute atomic E-state index is 0.0517. The van der Waals surface area contributed by atoms with E-state index in [2.05, 4.69) is 14.9 Å². The molecule has 4 aromatic rings. The molecule has 0 aliphatic carbocycles. The van der Waals surface area contributed by atoms with Crippen molar-refractivity contribution < 1.29 is 26.0 Å². The van der Waals surface area contributed by atoms with Gasteiger partial charge in [-0.1, -0.05) is 18.2 Å². The first-order valence-electron chi connectivity index (χ1n) is 9.80. The summed E-state index contributed by atoms with van der Waals surface area (Å²) >= 11 is 1.19. The Balaban J connectivity index is 1.59. The van der Waals surface area contributed by atoms with Crippen LogP contribution in [0.25, 0.3) is 11.0 Å². The Bertz CT molecular complexity index is 1620. The number of nitriles is 1. The highest BCUT2D eigenvalue weighted by Gasteiger charge is 2.34. The normalized spacial score (nSPS) is 12.0. The van der Waals surface area contributed by atoms with Crippen LogP contribution in [0.4, 0.5) is 19.0 Å². The predicted molar refractivity (Wildman–Crippen MR) is 123 cm³/mol. The Morgan fingerprint density at radius 1 is 1.14 bits per heavy atom. The van der Waals surface area contributed by atoms with Crippen molar-refractivity contribution in [3.8, 4) is 6.07 Å². The largest absolute Gasteiger partial charge is 0.423 e. The Hall–Kier alpha value is -3.76. The Labute approximate surface area is 200 Å². The summed E-state index contributed by atoms with van der Waals surface area (Å²) in [4.78, 5) is 11.4. The maximum absolute atomic E-state index is 13.4. The molecule has 2 heterocycles. The molecule has 0 fully saturated rings. The average molecular weight is 521 g/mol. The number of thioether (sulfide) groups is 1. The molecule has 13 heteroatoms. The smallest absolute Gasteiger partial charge is 0.417 e. The van der Waals surface area contributed by atoms with Crippen molar-refractivity contribution in [1.82, 2.24) is 10.2 Å². The fourth-order valence-electron chi connectivity index (χ4n) is 3.42. The number of aromatic amines is 1. The van der Waals surface area contributed by atoms with Gasteiger partial charge in [-0.2, -0.15) is 23.5 Å². The van der Waals surface area contributed by atoms with E-state index < -0.39 is 27.4 Å². The lowest BCUT2D eigenvalue weighted by Gasteiger charge is -2.11. The van der Waals surface area contributed by atoms with Crippen LogP contribution in [0.15, 0.2) is 67.7 Å². The molecule has 2 aromatic heterocycles. The average Bonchev–Trinajstić information content (AvgIpc) is 3.19. The lowest BCUT2D eigenvalue weighted by atomic mass is 10.0.